The lowest BCUT2D eigenvalue weighted by atomic mass is 10.2. The van der Waals surface area contributed by atoms with E-state index in [2.05, 4.69) is 19.2 Å². The van der Waals surface area contributed by atoms with Crippen molar-refractivity contribution in [2.45, 2.75) is 45.6 Å². The molecule has 0 bridgehead atoms. The normalized spacial score (nSPS) is 13.4. The van der Waals surface area contributed by atoms with E-state index in [1.807, 2.05) is 0 Å². The third-order valence-electron chi connectivity index (χ3n) is 1.82. The van der Waals surface area contributed by atoms with Gasteiger partial charge < -0.3 is 10.4 Å². The standard InChI is InChI=1S/C9H21NO/c1-3-4-7-10-9(2)6-5-8-11/h9-11H,3-8H2,1-2H3. The zero-order valence-electron chi connectivity index (χ0n) is 7.77. The highest BCUT2D eigenvalue weighted by Crippen LogP contribution is 1.95. The van der Waals surface area contributed by atoms with Crippen LogP contribution in [-0.2, 0) is 0 Å². The number of nitrogens with one attached hydrogen (secondary N) is 1. The molecule has 0 heterocycles. The highest BCUT2D eigenvalue weighted by molar-refractivity contribution is 4.59. The fourth-order valence-electron chi connectivity index (χ4n) is 1.02. The molecule has 1 atom stereocenters. The van der Waals surface area contributed by atoms with Gasteiger partial charge in [0.1, 0.15) is 0 Å². The van der Waals surface area contributed by atoms with E-state index in [-0.39, 0.29) is 0 Å². The number of aliphatic hydroxyl groups excluding tert-OH is 1. The molecule has 0 aromatic carbocycles. The molecule has 0 aromatic rings. The molecule has 0 radical (unpaired) electrons. The van der Waals surface area contributed by atoms with E-state index >= 15 is 0 Å². The van der Waals surface area contributed by atoms with Crippen molar-refractivity contribution in [2.75, 3.05) is 13.2 Å². The molecule has 11 heavy (non-hydrogen) atoms. The van der Waals surface area contributed by atoms with Crippen LogP contribution >= 0.6 is 0 Å². The molecule has 0 fully saturated rings. The zero-order valence-corrected chi connectivity index (χ0v) is 7.77. The molecule has 0 aliphatic carbocycles. The van der Waals surface area contributed by atoms with Crippen LogP contribution < -0.4 is 5.32 Å². The fourth-order valence-corrected chi connectivity index (χ4v) is 1.02. The van der Waals surface area contributed by atoms with Crippen LogP contribution in [0.5, 0.6) is 0 Å². The average molecular weight is 159 g/mol. The Bertz CT molecular complexity index is 76.0. The highest BCUT2D eigenvalue weighted by atomic mass is 16.2. The Kier molecular flexibility index (Phi) is 7.96. The van der Waals surface area contributed by atoms with Crippen LogP contribution in [0.2, 0.25) is 0 Å². The number of unbranched alkanes of at least 4 members (excludes halogenated alkanes) is 1. The van der Waals surface area contributed by atoms with Crippen molar-refractivity contribution < 1.29 is 5.11 Å². The first kappa shape index (κ1) is 10.9. The molecule has 0 aromatic heterocycles. The Hall–Kier alpha value is -0.0800. The van der Waals surface area contributed by atoms with Gasteiger partial charge >= 0.3 is 0 Å². The lowest BCUT2D eigenvalue weighted by Gasteiger charge is -2.11. The number of rotatable bonds is 7. The largest absolute Gasteiger partial charge is 0.396 e. The zero-order chi connectivity index (χ0) is 8.53. The van der Waals surface area contributed by atoms with Gasteiger partial charge in [-0.2, -0.15) is 0 Å². The maximum Gasteiger partial charge on any atom is 0.0431 e. The first-order chi connectivity index (χ1) is 5.31. The van der Waals surface area contributed by atoms with Crippen LogP contribution in [0.15, 0.2) is 0 Å². The Morgan fingerprint density at radius 2 is 2.09 bits per heavy atom. The quantitative estimate of drug-likeness (QED) is 0.552. The van der Waals surface area contributed by atoms with Gasteiger partial charge in [-0.1, -0.05) is 13.3 Å². The molecule has 68 valence electrons. The fraction of sp³-hybridized carbons (Fsp3) is 1.00. The molecule has 0 saturated carbocycles. The molecule has 0 aliphatic rings. The van der Waals surface area contributed by atoms with E-state index in [9.17, 15) is 0 Å². The van der Waals surface area contributed by atoms with E-state index in [4.69, 9.17) is 5.11 Å². The molecule has 2 N–H and O–H groups in total. The van der Waals surface area contributed by atoms with Gasteiger partial charge in [0.2, 0.25) is 0 Å². The Labute approximate surface area is 70.0 Å². The smallest absolute Gasteiger partial charge is 0.0431 e. The maximum atomic E-state index is 8.56. The summed E-state index contributed by atoms with van der Waals surface area (Å²) in [6.45, 7) is 5.80. The first-order valence-corrected chi connectivity index (χ1v) is 4.65. The second kappa shape index (κ2) is 8.02. The minimum atomic E-state index is 0.319. The van der Waals surface area contributed by atoms with Crippen LogP contribution in [0, 0.1) is 0 Å². The van der Waals surface area contributed by atoms with Gasteiger partial charge in [0.05, 0.1) is 0 Å². The molecule has 0 amide bonds. The summed E-state index contributed by atoms with van der Waals surface area (Å²) in [5.74, 6) is 0. The summed E-state index contributed by atoms with van der Waals surface area (Å²) < 4.78 is 0. The maximum absolute atomic E-state index is 8.56. The number of aliphatic hydroxyl groups is 1. The van der Waals surface area contributed by atoms with Gasteiger partial charge in [0.25, 0.3) is 0 Å². The van der Waals surface area contributed by atoms with E-state index in [1.165, 1.54) is 12.8 Å². The molecule has 1 unspecified atom stereocenters. The van der Waals surface area contributed by atoms with Gasteiger partial charge in [-0.25, -0.2) is 0 Å². The van der Waals surface area contributed by atoms with Gasteiger partial charge in [-0.15, -0.1) is 0 Å². The second-order valence-corrected chi connectivity index (χ2v) is 3.07. The summed E-state index contributed by atoms with van der Waals surface area (Å²) >= 11 is 0. The summed E-state index contributed by atoms with van der Waals surface area (Å²) in [5.41, 5.74) is 0. The minimum absolute atomic E-state index is 0.319. The summed E-state index contributed by atoms with van der Waals surface area (Å²) in [4.78, 5) is 0. The lowest BCUT2D eigenvalue weighted by molar-refractivity contribution is 0.276. The monoisotopic (exact) mass is 159 g/mol. The van der Waals surface area contributed by atoms with Crippen molar-refractivity contribution in [3.63, 3.8) is 0 Å². The van der Waals surface area contributed by atoms with Crippen LogP contribution in [0.1, 0.15) is 39.5 Å². The van der Waals surface area contributed by atoms with Crippen molar-refractivity contribution in [3.8, 4) is 0 Å². The summed E-state index contributed by atoms with van der Waals surface area (Å²) in [7, 11) is 0. The average Bonchev–Trinajstić information content (AvgIpc) is 2.01. The van der Waals surface area contributed by atoms with Crippen molar-refractivity contribution >= 4 is 0 Å². The van der Waals surface area contributed by atoms with E-state index in [0.717, 1.165) is 19.4 Å². The molecule has 0 aliphatic heterocycles. The molecule has 2 nitrogen and oxygen atoms in total. The topological polar surface area (TPSA) is 32.3 Å². The van der Waals surface area contributed by atoms with Crippen molar-refractivity contribution in [1.29, 1.82) is 0 Å². The first-order valence-electron chi connectivity index (χ1n) is 4.65. The Morgan fingerprint density at radius 1 is 1.36 bits per heavy atom. The number of hydrogen-bond donors (Lipinski definition) is 2. The number of hydrogen-bond acceptors (Lipinski definition) is 2. The van der Waals surface area contributed by atoms with Crippen molar-refractivity contribution in [2.24, 2.45) is 0 Å². The molecular weight excluding hydrogens is 138 g/mol. The van der Waals surface area contributed by atoms with Crippen molar-refractivity contribution in [3.05, 3.63) is 0 Å². The summed E-state index contributed by atoms with van der Waals surface area (Å²) in [6.07, 6.45) is 4.50. The molecule has 0 spiro atoms. The summed E-state index contributed by atoms with van der Waals surface area (Å²) in [5, 5.41) is 12.0. The van der Waals surface area contributed by atoms with Gasteiger partial charge in [0, 0.05) is 12.6 Å². The van der Waals surface area contributed by atoms with Gasteiger partial charge in [0.15, 0.2) is 0 Å². The third-order valence-corrected chi connectivity index (χ3v) is 1.82. The molecule has 2 heteroatoms. The van der Waals surface area contributed by atoms with Crippen LogP contribution in [-0.4, -0.2) is 24.3 Å². The van der Waals surface area contributed by atoms with Gasteiger partial charge in [-0.05, 0) is 32.7 Å². The summed E-state index contributed by atoms with van der Waals surface area (Å²) in [6, 6.07) is 0.564. The third kappa shape index (κ3) is 7.82. The van der Waals surface area contributed by atoms with E-state index in [0.29, 0.717) is 12.6 Å². The van der Waals surface area contributed by atoms with Crippen LogP contribution in [0.4, 0.5) is 0 Å². The van der Waals surface area contributed by atoms with Crippen LogP contribution in [0.3, 0.4) is 0 Å². The molecule has 0 saturated heterocycles. The predicted molar refractivity (Wildman–Crippen MR) is 48.7 cm³/mol. The van der Waals surface area contributed by atoms with Gasteiger partial charge in [-0.3, -0.25) is 0 Å². The van der Waals surface area contributed by atoms with Crippen LogP contribution in [0.25, 0.3) is 0 Å². The molecule has 0 rings (SSSR count). The lowest BCUT2D eigenvalue weighted by Crippen LogP contribution is -2.26. The Morgan fingerprint density at radius 3 is 2.64 bits per heavy atom. The second-order valence-electron chi connectivity index (χ2n) is 3.07. The molecular formula is C9H21NO. The highest BCUT2D eigenvalue weighted by Gasteiger charge is 1.98. The minimum Gasteiger partial charge on any atom is -0.396 e. The predicted octanol–water partition coefficient (Wildman–Crippen LogP) is 1.54. The SMILES string of the molecule is CCCCNC(C)CCCO. The van der Waals surface area contributed by atoms with Crippen molar-refractivity contribution in [1.82, 2.24) is 5.32 Å². The van der Waals surface area contributed by atoms with E-state index < -0.39 is 0 Å². The Balaban J connectivity index is 3.02. The van der Waals surface area contributed by atoms with E-state index in [1.54, 1.807) is 0 Å².